The molecule has 0 unspecified atom stereocenters. The van der Waals surface area contributed by atoms with Gasteiger partial charge in [0.15, 0.2) is 11.5 Å². The Labute approximate surface area is 202 Å². The Morgan fingerprint density at radius 2 is 1.80 bits per heavy atom. The number of H-pyrrole nitrogens is 1. The van der Waals surface area contributed by atoms with Gasteiger partial charge in [-0.1, -0.05) is 36.4 Å². The summed E-state index contributed by atoms with van der Waals surface area (Å²) in [5, 5.41) is 9.85. The van der Waals surface area contributed by atoms with Crippen LogP contribution in [0.5, 0.6) is 0 Å². The molecule has 4 N–H and O–H groups in total. The number of aromatic amines is 1. The number of hydrogen-bond acceptors (Lipinski definition) is 6. The highest BCUT2D eigenvalue weighted by Crippen LogP contribution is 2.25. The summed E-state index contributed by atoms with van der Waals surface area (Å²) in [4.78, 5) is 28.0. The van der Waals surface area contributed by atoms with Crippen LogP contribution < -0.4 is 16.0 Å². The van der Waals surface area contributed by atoms with Gasteiger partial charge in [0.25, 0.3) is 0 Å². The summed E-state index contributed by atoms with van der Waals surface area (Å²) in [6.45, 7) is 2.13. The number of nitrogens with zero attached hydrogens (tertiary/aromatic N) is 3. The number of halogens is 1. The second-order valence-corrected chi connectivity index (χ2v) is 8.95. The summed E-state index contributed by atoms with van der Waals surface area (Å²) in [7, 11) is 0. The molecule has 2 heterocycles. The van der Waals surface area contributed by atoms with Crippen molar-refractivity contribution in [2.24, 2.45) is 0 Å². The van der Waals surface area contributed by atoms with E-state index in [0.717, 1.165) is 47.9 Å². The maximum Gasteiger partial charge on any atom is 0.227 e. The predicted octanol–water partition coefficient (Wildman–Crippen LogP) is 4.63. The van der Waals surface area contributed by atoms with Gasteiger partial charge in [-0.2, -0.15) is 9.97 Å². The molecule has 8 nitrogen and oxygen atoms in total. The summed E-state index contributed by atoms with van der Waals surface area (Å²) in [6.07, 6.45) is 5.35. The average molecular weight is 474 g/mol. The molecule has 0 radical (unpaired) electrons. The lowest BCUT2D eigenvalue weighted by Gasteiger charge is -2.29. The molecule has 1 aliphatic carbocycles. The zero-order valence-electron chi connectivity index (χ0n) is 19.5. The maximum atomic E-state index is 13.5. The molecule has 35 heavy (non-hydrogen) atoms. The normalized spacial score (nSPS) is 17.8. The van der Waals surface area contributed by atoms with Crippen molar-refractivity contribution in [1.29, 1.82) is 0 Å². The van der Waals surface area contributed by atoms with Crippen LogP contribution in [0.15, 0.2) is 54.9 Å². The lowest BCUT2D eigenvalue weighted by Crippen LogP contribution is -2.39. The molecule has 1 amide bonds. The van der Waals surface area contributed by atoms with E-state index in [9.17, 15) is 9.18 Å². The third-order valence-electron chi connectivity index (χ3n) is 6.33. The fourth-order valence-corrected chi connectivity index (χ4v) is 4.55. The maximum absolute atomic E-state index is 13.5. The first-order valence-electron chi connectivity index (χ1n) is 11.9. The number of hydrogen-bond donors (Lipinski definition) is 4. The highest BCUT2D eigenvalue weighted by Gasteiger charge is 2.22. The smallest absolute Gasteiger partial charge is 0.227 e. The number of amides is 1. The molecule has 4 aromatic rings. The molecule has 0 atom stereocenters. The van der Waals surface area contributed by atoms with E-state index in [2.05, 4.69) is 30.9 Å². The van der Waals surface area contributed by atoms with E-state index in [1.54, 1.807) is 19.3 Å². The van der Waals surface area contributed by atoms with Crippen molar-refractivity contribution in [3.05, 3.63) is 66.2 Å². The van der Waals surface area contributed by atoms with E-state index in [4.69, 9.17) is 4.98 Å². The van der Waals surface area contributed by atoms with Gasteiger partial charge in [0.1, 0.15) is 11.3 Å². The lowest BCUT2D eigenvalue weighted by molar-refractivity contribution is -0.119. The SMILES string of the molecule is CC(=O)NC1CCC(Nc2nc(NCc3ccc(-c4cccc(F)c4)cc3)c3[nH]cnc3n2)CC1. The van der Waals surface area contributed by atoms with Gasteiger partial charge in [0.05, 0.1) is 6.33 Å². The third kappa shape index (κ3) is 5.56. The van der Waals surface area contributed by atoms with E-state index < -0.39 is 0 Å². The van der Waals surface area contributed by atoms with Crippen LogP contribution in [-0.2, 0) is 11.3 Å². The van der Waals surface area contributed by atoms with Crippen LogP contribution in [0.3, 0.4) is 0 Å². The molecule has 0 aliphatic heterocycles. The van der Waals surface area contributed by atoms with Crippen LogP contribution in [-0.4, -0.2) is 37.9 Å². The Morgan fingerprint density at radius 1 is 1.03 bits per heavy atom. The summed E-state index contributed by atoms with van der Waals surface area (Å²) in [5.74, 6) is 0.992. The molecule has 9 heteroatoms. The molecular formula is C26H28FN7O. The van der Waals surface area contributed by atoms with E-state index in [-0.39, 0.29) is 23.8 Å². The highest BCUT2D eigenvalue weighted by molar-refractivity contribution is 5.83. The van der Waals surface area contributed by atoms with Crippen molar-refractivity contribution < 1.29 is 9.18 Å². The molecule has 1 saturated carbocycles. The molecule has 180 valence electrons. The van der Waals surface area contributed by atoms with Crippen molar-refractivity contribution in [2.75, 3.05) is 10.6 Å². The molecule has 2 aromatic heterocycles. The summed E-state index contributed by atoms with van der Waals surface area (Å²) < 4.78 is 13.5. The minimum atomic E-state index is -0.245. The standard InChI is InChI=1S/C26H28FN7O/c1-16(35)31-21-9-11-22(12-10-21)32-26-33-24(23-25(34-26)30-15-29-23)28-14-17-5-7-18(8-6-17)19-3-2-4-20(27)13-19/h2-8,13,15,21-22H,9-12,14H2,1H3,(H,31,35)(H3,28,29,30,32,33,34). The Bertz CT molecular complexity index is 1310. The first-order valence-corrected chi connectivity index (χ1v) is 11.9. The van der Waals surface area contributed by atoms with Crippen LogP contribution in [0, 0.1) is 5.82 Å². The molecule has 2 aromatic carbocycles. The summed E-state index contributed by atoms with van der Waals surface area (Å²) in [6, 6.07) is 15.1. The molecule has 0 saturated heterocycles. The van der Waals surface area contributed by atoms with Crippen molar-refractivity contribution >= 4 is 28.8 Å². The van der Waals surface area contributed by atoms with Crippen LogP contribution in [0.1, 0.15) is 38.2 Å². The van der Waals surface area contributed by atoms with E-state index in [0.29, 0.717) is 24.0 Å². The molecular weight excluding hydrogens is 445 g/mol. The molecule has 0 bridgehead atoms. The quantitative estimate of drug-likeness (QED) is 0.312. The third-order valence-corrected chi connectivity index (χ3v) is 6.33. The second kappa shape index (κ2) is 10.1. The van der Waals surface area contributed by atoms with E-state index >= 15 is 0 Å². The Hall–Kier alpha value is -4.01. The summed E-state index contributed by atoms with van der Waals surface area (Å²) in [5.41, 5.74) is 4.23. The van der Waals surface area contributed by atoms with Gasteiger partial charge in [0.2, 0.25) is 11.9 Å². The Morgan fingerprint density at radius 3 is 2.54 bits per heavy atom. The second-order valence-electron chi connectivity index (χ2n) is 8.95. The van der Waals surface area contributed by atoms with Gasteiger partial charge in [-0.15, -0.1) is 0 Å². The number of carbonyl (C=O) groups is 1. The fourth-order valence-electron chi connectivity index (χ4n) is 4.55. The fraction of sp³-hybridized carbons (Fsp3) is 0.308. The van der Waals surface area contributed by atoms with Gasteiger partial charge in [0, 0.05) is 25.6 Å². The number of anilines is 2. The number of aromatic nitrogens is 4. The number of nitrogens with one attached hydrogen (secondary N) is 4. The Kier molecular flexibility index (Phi) is 6.56. The molecule has 5 rings (SSSR count). The zero-order chi connectivity index (χ0) is 24.2. The van der Waals surface area contributed by atoms with Gasteiger partial charge >= 0.3 is 0 Å². The van der Waals surface area contributed by atoms with Crippen LogP contribution in [0.4, 0.5) is 16.2 Å². The number of imidazole rings is 1. The summed E-state index contributed by atoms with van der Waals surface area (Å²) >= 11 is 0. The zero-order valence-corrected chi connectivity index (χ0v) is 19.5. The topological polar surface area (TPSA) is 108 Å². The van der Waals surface area contributed by atoms with Crippen molar-refractivity contribution in [2.45, 2.75) is 51.2 Å². The number of fused-ring (bicyclic) bond motifs is 1. The van der Waals surface area contributed by atoms with Crippen LogP contribution in [0.25, 0.3) is 22.3 Å². The molecule has 1 fully saturated rings. The van der Waals surface area contributed by atoms with Gasteiger partial charge in [-0.3, -0.25) is 4.79 Å². The first-order chi connectivity index (χ1) is 17.0. The monoisotopic (exact) mass is 473 g/mol. The minimum Gasteiger partial charge on any atom is -0.364 e. The predicted molar refractivity (Wildman–Crippen MR) is 134 cm³/mol. The number of carbonyl (C=O) groups excluding carboxylic acids is 1. The van der Waals surface area contributed by atoms with Crippen molar-refractivity contribution in [3.8, 4) is 11.1 Å². The van der Waals surface area contributed by atoms with E-state index in [1.807, 2.05) is 30.3 Å². The first kappa shape index (κ1) is 22.8. The lowest BCUT2D eigenvalue weighted by atomic mass is 9.91. The Balaban J connectivity index is 1.25. The van der Waals surface area contributed by atoms with Crippen molar-refractivity contribution in [3.63, 3.8) is 0 Å². The van der Waals surface area contributed by atoms with Gasteiger partial charge in [-0.25, -0.2) is 9.37 Å². The minimum absolute atomic E-state index is 0.0213. The van der Waals surface area contributed by atoms with Gasteiger partial charge < -0.3 is 20.9 Å². The molecule has 0 spiro atoms. The number of rotatable bonds is 7. The largest absolute Gasteiger partial charge is 0.364 e. The molecule has 1 aliphatic rings. The van der Waals surface area contributed by atoms with Crippen LogP contribution in [0.2, 0.25) is 0 Å². The van der Waals surface area contributed by atoms with Crippen LogP contribution >= 0.6 is 0 Å². The van der Waals surface area contributed by atoms with Crippen molar-refractivity contribution in [1.82, 2.24) is 25.3 Å². The van der Waals surface area contributed by atoms with Gasteiger partial charge in [-0.05, 0) is 54.5 Å². The number of benzene rings is 2. The highest BCUT2D eigenvalue weighted by atomic mass is 19.1. The van der Waals surface area contributed by atoms with E-state index in [1.165, 1.54) is 12.1 Å². The average Bonchev–Trinajstić information content (AvgIpc) is 3.33.